The van der Waals surface area contributed by atoms with Gasteiger partial charge in [-0.2, -0.15) is 5.26 Å². The highest BCUT2D eigenvalue weighted by molar-refractivity contribution is 5.60. The van der Waals surface area contributed by atoms with E-state index in [1.165, 1.54) is 6.33 Å². The van der Waals surface area contributed by atoms with Gasteiger partial charge in [0.15, 0.2) is 0 Å². The van der Waals surface area contributed by atoms with Crippen molar-refractivity contribution < 1.29 is 8.78 Å². The van der Waals surface area contributed by atoms with Crippen molar-refractivity contribution in [1.82, 2.24) is 15.3 Å². The molecule has 2 heterocycles. The topological polar surface area (TPSA) is 85.7 Å². The van der Waals surface area contributed by atoms with Gasteiger partial charge in [-0.15, -0.1) is 0 Å². The third kappa shape index (κ3) is 4.68. The Kier molecular flexibility index (Phi) is 6.14. The Labute approximate surface area is 157 Å². The lowest BCUT2D eigenvalue weighted by Gasteiger charge is -2.31. The molecule has 0 radical (unpaired) electrons. The minimum absolute atomic E-state index is 0.0819. The van der Waals surface area contributed by atoms with E-state index in [0.717, 1.165) is 44.5 Å². The summed E-state index contributed by atoms with van der Waals surface area (Å²) in [5.74, 6) is 0.0312. The second kappa shape index (κ2) is 8.73. The second-order valence-corrected chi connectivity index (χ2v) is 6.58. The first-order chi connectivity index (χ1) is 13.1. The van der Waals surface area contributed by atoms with Crippen molar-refractivity contribution in [3.8, 4) is 6.07 Å². The van der Waals surface area contributed by atoms with Gasteiger partial charge >= 0.3 is 0 Å². The Bertz CT molecular complexity index is 829. The van der Waals surface area contributed by atoms with E-state index in [4.69, 9.17) is 5.26 Å². The van der Waals surface area contributed by atoms with Crippen LogP contribution >= 0.6 is 0 Å². The molecule has 3 N–H and O–H groups in total. The van der Waals surface area contributed by atoms with Gasteiger partial charge in [0.25, 0.3) is 0 Å². The molecule has 1 saturated heterocycles. The molecule has 0 bridgehead atoms. The van der Waals surface area contributed by atoms with Gasteiger partial charge in [0.1, 0.15) is 35.7 Å². The summed E-state index contributed by atoms with van der Waals surface area (Å²) in [5, 5.41) is 18.3. The van der Waals surface area contributed by atoms with E-state index in [-0.39, 0.29) is 11.3 Å². The molecule has 1 aliphatic rings. The van der Waals surface area contributed by atoms with Crippen LogP contribution in [0, 0.1) is 28.9 Å². The van der Waals surface area contributed by atoms with E-state index in [1.54, 1.807) is 12.1 Å². The summed E-state index contributed by atoms with van der Waals surface area (Å²) in [5.41, 5.74) is -0.419. The van der Waals surface area contributed by atoms with Crippen LogP contribution in [-0.4, -0.2) is 29.1 Å². The van der Waals surface area contributed by atoms with Crippen molar-refractivity contribution in [2.45, 2.75) is 32.2 Å². The number of halogens is 2. The largest absolute Gasteiger partial charge is 0.367 e. The fraction of sp³-hybridized carbons (Fsp3) is 0.421. The first-order valence-electron chi connectivity index (χ1n) is 9.06. The van der Waals surface area contributed by atoms with Crippen LogP contribution in [0.2, 0.25) is 0 Å². The lowest BCUT2D eigenvalue weighted by atomic mass is 9.89. The maximum atomic E-state index is 14.1. The Morgan fingerprint density at radius 3 is 2.63 bits per heavy atom. The number of benzene rings is 1. The average Bonchev–Trinajstić information content (AvgIpc) is 2.69. The lowest BCUT2D eigenvalue weighted by Crippen LogP contribution is -2.37. The molecule has 3 rings (SSSR count). The normalized spacial score (nSPS) is 15.8. The number of hydrogen-bond acceptors (Lipinski definition) is 6. The molecule has 8 heteroatoms. The SMILES string of the molecule is CCC(Nc1cc(Nc2cc(F)c(C#N)cc2F)ncn1)C1CCNCC1. The number of piperidine rings is 1. The third-order valence-corrected chi connectivity index (χ3v) is 4.83. The summed E-state index contributed by atoms with van der Waals surface area (Å²) in [6.45, 7) is 4.17. The smallest absolute Gasteiger partial charge is 0.148 e. The van der Waals surface area contributed by atoms with Crippen LogP contribution in [0.4, 0.5) is 26.1 Å². The molecule has 1 atom stereocenters. The van der Waals surface area contributed by atoms with Crippen LogP contribution in [-0.2, 0) is 0 Å². The summed E-state index contributed by atoms with van der Waals surface area (Å²) < 4.78 is 27.8. The van der Waals surface area contributed by atoms with Gasteiger partial charge in [-0.25, -0.2) is 18.7 Å². The zero-order chi connectivity index (χ0) is 19.2. The first kappa shape index (κ1) is 19.0. The molecule has 1 fully saturated rings. The monoisotopic (exact) mass is 372 g/mol. The maximum absolute atomic E-state index is 14.1. The molecule has 142 valence electrons. The number of hydrogen-bond donors (Lipinski definition) is 3. The number of nitrogens with zero attached hydrogens (tertiary/aromatic N) is 3. The van der Waals surface area contributed by atoms with E-state index in [0.29, 0.717) is 23.6 Å². The van der Waals surface area contributed by atoms with E-state index >= 15 is 0 Å². The van der Waals surface area contributed by atoms with Crippen molar-refractivity contribution in [2.24, 2.45) is 5.92 Å². The van der Waals surface area contributed by atoms with Crippen LogP contribution in [0.1, 0.15) is 31.7 Å². The zero-order valence-electron chi connectivity index (χ0n) is 15.1. The van der Waals surface area contributed by atoms with Gasteiger partial charge in [0, 0.05) is 18.2 Å². The van der Waals surface area contributed by atoms with Crippen LogP contribution in [0.15, 0.2) is 24.5 Å². The van der Waals surface area contributed by atoms with Crippen LogP contribution in [0.5, 0.6) is 0 Å². The highest BCUT2D eigenvalue weighted by atomic mass is 19.1. The molecule has 27 heavy (non-hydrogen) atoms. The number of nitrogens with one attached hydrogen (secondary N) is 3. The van der Waals surface area contributed by atoms with Gasteiger partial charge in [-0.3, -0.25) is 0 Å². The molecule has 1 aromatic carbocycles. The highest BCUT2D eigenvalue weighted by Crippen LogP contribution is 2.25. The van der Waals surface area contributed by atoms with E-state index in [2.05, 4.69) is 32.8 Å². The van der Waals surface area contributed by atoms with E-state index < -0.39 is 11.6 Å². The summed E-state index contributed by atoms with van der Waals surface area (Å²) in [6.07, 6.45) is 4.56. The lowest BCUT2D eigenvalue weighted by molar-refractivity contribution is 0.326. The molecular formula is C19H22F2N6. The number of anilines is 3. The van der Waals surface area contributed by atoms with Gasteiger partial charge < -0.3 is 16.0 Å². The molecule has 2 aromatic rings. The van der Waals surface area contributed by atoms with E-state index in [1.807, 2.05) is 0 Å². The van der Waals surface area contributed by atoms with Gasteiger partial charge in [-0.05, 0) is 44.3 Å². The molecule has 6 nitrogen and oxygen atoms in total. The maximum Gasteiger partial charge on any atom is 0.148 e. The van der Waals surface area contributed by atoms with Gasteiger partial charge in [0.05, 0.1) is 11.3 Å². The molecule has 0 saturated carbocycles. The van der Waals surface area contributed by atoms with Crippen molar-refractivity contribution in [2.75, 3.05) is 23.7 Å². The molecule has 0 spiro atoms. The predicted octanol–water partition coefficient (Wildman–Crippen LogP) is 3.56. The minimum atomic E-state index is -0.786. The average molecular weight is 372 g/mol. The van der Waals surface area contributed by atoms with E-state index in [9.17, 15) is 8.78 Å². The number of rotatable bonds is 6. The standard InChI is InChI=1S/C19H22F2N6/c1-2-16(12-3-5-23-6-4-12)26-18-9-19(25-11-24-18)27-17-8-14(20)13(10-22)7-15(17)21/h7-9,11-12,16,23H,2-6H2,1H3,(H2,24,25,26,27). The molecule has 1 aromatic heterocycles. The molecule has 0 amide bonds. The Hall–Kier alpha value is -2.79. The zero-order valence-corrected chi connectivity index (χ0v) is 15.1. The van der Waals surface area contributed by atoms with Crippen molar-refractivity contribution in [3.05, 3.63) is 41.7 Å². The Morgan fingerprint density at radius 1 is 1.19 bits per heavy atom. The molecule has 1 unspecified atom stereocenters. The summed E-state index contributed by atoms with van der Waals surface area (Å²) in [7, 11) is 0. The number of aromatic nitrogens is 2. The molecular weight excluding hydrogens is 350 g/mol. The fourth-order valence-corrected chi connectivity index (χ4v) is 3.36. The Morgan fingerprint density at radius 2 is 1.93 bits per heavy atom. The minimum Gasteiger partial charge on any atom is -0.367 e. The quantitative estimate of drug-likeness (QED) is 0.719. The van der Waals surface area contributed by atoms with Gasteiger partial charge in [0.2, 0.25) is 0 Å². The summed E-state index contributed by atoms with van der Waals surface area (Å²) in [4.78, 5) is 8.31. The third-order valence-electron chi connectivity index (χ3n) is 4.83. The summed E-state index contributed by atoms with van der Waals surface area (Å²) >= 11 is 0. The fourth-order valence-electron chi connectivity index (χ4n) is 3.36. The molecule has 1 aliphatic heterocycles. The molecule has 0 aliphatic carbocycles. The highest BCUT2D eigenvalue weighted by Gasteiger charge is 2.22. The Balaban J connectivity index is 1.74. The number of nitriles is 1. The summed E-state index contributed by atoms with van der Waals surface area (Å²) in [6, 6.07) is 5.38. The van der Waals surface area contributed by atoms with Crippen molar-refractivity contribution in [3.63, 3.8) is 0 Å². The van der Waals surface area contributed by atoms with Crippen LogP contribution < -0.4 is 16.0 Å². The first-order valence-corrected chi connectivity index (χ1v) is 9.06. The van der Waals surface area contributed by atoms with Crippen LogP contribution in [0.3, 0.4) is 0 Å². The van der Waals surface area contributed by atoms with Crippen LogP contribution in [0.25, 0.3) is 0 Å². The van der Waals surface area contributed by atoms with Gasteiger partial charge in [-0.1, -0.05) is 6.92 Å². The second-order valence-electron chi connectivity index (χ2n) is 6.58. The van der Waals surface area contributed by atoms with Crippen molar-refractivity contribution in [1.29, 1.82) is 5.26 Å². The van der Waals surface area contributed by atoms with Crippen molar-refractivity contribution >= 4 is 17.3 Å². The predicted molar refractivity (Wildman–Crippen MR) is 99.7 cm³/mol.